The Balaban J connectivity index is 1.43. The average molecular weight is 355 g/mol. The number of furan rings is 1. The van der Waals surface area contributed by atoms with Crippen LogP contribution in [0.5, 0.6) is 0 Å². The fraction of sp³-hybridized carbons (Fsp3) is 0.600. The second-order valence-corrected chi connectivity index (χ2v) is 8.36. The highest BCUT2D eigenvalue weighted by atomic mass is 32.2. The number of amides is 2. The first-order valence-electron chi connectivity index (χ1n) is 7.99. The number of hydrogen-bond donors (Lipinski definition) is 1. The number of carbonyl (C=O) groups is 2. The van der Waals surface area contributed by atoms with Gasteiger partial charge in [-0.2, -0.15) is 0 Å². The largest absolute Gasteiger partial charge is 0.459 e. The van der Waals surface area contributed by atoms with E-state index in [-0.39, 0.29) is 35.9 Å². The molecule has 2 saturated heterocycles. The Morgan fingerprint density at radius 1 is 1.21 bits per heavy atom. The number of nitrogens with one attached hydrogen (secondary N) is 1. The van der Waals surface area contributed by atoms with Crippen molar-refractivity contribution in [1.29, 1.82) is 0 Å². The Morgan fingerprint density at radius 3 is 2.50 bits per heavy atom. The van der Waals surface area contributed by atoms with Gasteiger partial charge in [-0.1, -0.05) is 0 Å². The minimum atomic E-state index is -2.95. The molecule has 8 nitrogen and oxygen atoms in total. The lowest BCUT2D eigenvalue weighted by Crippen LogP contribution is -2.52. The summed E-state index contributed by atoms with van der Waals surface area (Å²) in [7, 11) is -2.95. The molecule has 0 saturated carbocycles. The normalized spacial score (nSPS) is 23.4. The molecule has 9 heteroatoms. The third-order valence-electron chi connectivity index (χ3n) is 4.43. The maximum absolute atomic E-state index is 12.2. The first kappa shape index (κ1) is 17.0. The van der Waals surface area contributed by atoms with E-state index >= 15 is 0 Å². The molecule has 0 spiro atoms. The molecule has 3 heterocycles. The number of nitrogens with zero attached hydrogens (tertiary/aromatic N) is 2. The van der Waals surface area contributed by atoms with Crippen molar-refractivity contribution in [2.75, 3.05) is 44.2 Å². The van der Waals surface area contributed by atoms with Crippen molar-refractivity contribution in [3.05, 3.63) is 24.2 Å². The Kier molecular flexibility index (Phi) is 4.91. The highest BCUT2D eigenvalue weighted by Gasteiger charge is 2.29. The zero-order valence-corrected chi connectivity index (χ0v) is 14.1. The minimum absolute atomic E-state index is 0.0654. The number of piperazine rings is 1. The van der Waals surface area contributed by atoms with E-state index in [1.54, 1.807) is 21.9 Å². The van der Waals surface area contributed by atoms with Crippen LogP contribution in [0.1, 0.15) is 17.0 Å². The van der Waals surface area contributed by atoms with Crippen molar-refractivity contribution in [3.63, 3.8) is 0 Å². The van der Waals surface area contributed by atoms with Gasteiger partial charge in [0.25, 0.3) is 5.91 Å². The fourth-order valence-corrected chi connectivity index (χ4v) is 4.72. The van der Waals surface area contributed by atoms with Crippen LogP contribution in [0.2, 0.25) is 0 Å². The molecule has 0 bridgehead atoms. The quantitative estimate of drug-likeness (QED) is 0.770. The van der Waals surface area contributed by atoms with Gasteiger partial charge in [0.15, 0.2) is 15.6 Å². The fourth-order valence-electron chi connectivity index (χ4n) is 3.01. The second-order valence-electron chi connectivity index (χ2n) is 6.13. The summed E-state index contributed by atoms with van der Waals surface area (Å²) >= 11 is 0. The molecule has 3 rings (SSSR count). The molecule has 1 aromatic rings. The van der Waals surface area contributed by atoms with Crippen LogP contribution in [0.15, 0.2) is 22.8 Å². The highest BCUT2D eigenvalue weighted by molar-refractivity contribution is 7.91. The van der Waals surface area contributed by atoms with Crippen LogP contribution in [0.4, 0.5) is 0 Å². The molecule has 24 heavy (non-hydrogen) atoms. The summed E-state index contributed by atoms with van der Waals surface area (Å²) < 4.78 is 27.9. The summed E-state index contributed by atoms with van der Waals surface area (Å²) in [5.41, 5.74) is 0. The predicted octanol–water partition coefficient (Wildman–Crippen LogP) is -0.659. The lowest BCUT2D eigenvalue weighted by Gasteiger charge is -2.34. The van der Waals surface area contributed by atoms with Gasteiger partial charge in [-0.15, -0.1) is 0 Å². The van der Waals surface area contributed by atoms with Crippen molar-refractivity contribution in [1.82, 2.24) is 15.1 Å². The van der Waals surface area contributed by atoms with Crippen molar-refractivity contribution in [3.8, 4) is 0 Å². The van der Waals surface area contributed by atoms with E-state index in [1.807, 2.05) is 0 Å². The van der Waals surface area contributed by atoms with E-state index in [2.05, 4.69) is 5.32 Å². The number of carbonyl (C=O) groups excluding carboxylic acids is 2. The zero-order chi connectivity index (χ0) is 17.2. The summed E-state index contributed by atoms with van der Waals surface area (Å²) in [5, 5.41) is 3.02. The molecule has 1 aromatic heterocycles. The van der Waals surface area contributed by atoms with E-state index in [0.29, 0.717) is 38.4 Å². The Morgan fingerprint density at radius 2 is 1.92 bits per heavy atom. The van der Waals surface area contributed by atoms with Crippen LogP contribution < -0.4 is 5.32 Å². The van der Waals surface area contributed by atoms with Crippen LogP contribution >= 0.6 is 0 Å². The monoisotopic (exact) mass is 355 g/mol. The van der Waals surface area contributed by atoms with Gasteiger partial charge in [0.05, 0.1) is 24.3 Å². The standard InChI is InChI=1S/C15H21N3O5S/c19-14(10-16-12-3-9-24(21,22)11-12)17-4-6-18(7-5-17)15(20)13-2-1-8-23-13/h1-2,8,12,16H,3-7,9-11H2. The molecule has 1 atom stereocenters. The Labute approximate surface area is 140 Å². The second kappa shape index (κ2) is 6.94. The summed E-state index contributed by atoms with van der Waals surface area (Å²) in [4.78, 5) is 27.7. The van der Waals surface area contributed by atoms with Gasteiger partial charge >= 0.3 is 0 Å². The summed E-state index contributed by atoms with van der Waals surface area (Å²) in [6, 6.07) is 3.15. The van der Waals surface area contributed by atoms with Crippen molar-refractivity contribution in [2.24, 2.45) is 0 Å². The maximum Gasteiger partial charge on any atom is 0.289 e. The van der Waals surface area contributed by atoms with Gasteiger partial charge in [-0.05, 0) is 18.6 Å². The van der Waals surface area contributed by atoms with Crippen molar-refractivity contribution >= 4 is 21.7 Å². The third-order valence-corrected chi connectivity index (χ3v) is 6.19. The van der Waals surface area contributed by atoms with Gasteiger partial charge in [0.1, 0.15) is 0 Å². The molecular weight excluding hydrogens is 334 g/mol. The molecule has 2 amide bonds. The van der Waals surface area contributed by atoms with Gasteiger partial charge in [-0.25, -0.2) is 8.42 Å². The van der Waals surface area contributed by atoms with Crippen LogP contribution in [0.3, 0.4) is 0 Å². The molecule has 0 radical (unpaired) electrons. The van der Waals surface area contributed by atoms with E-state index in [1.165, 1.54) is 6.26 Å². The summed E-state index contributed by atoms with van der Waals surface area (Å²) in [6.07, 6.45) is 2.02. The molecule has 0 aliphatic carbocycles. The summed E-state index contributed by atoms with van der Waals surface area (Å²) in [6.45, 7) is 1.99. The Bertz CT molecular complexity index is 693. The van der Waals surface area contributed by atoms with E-state index in [0.717, 1.165) is 0 Å². The average Bonchev–Trinajstić information content (AvgIpc) is 3.21. The van der Waals surface area contributed by atoms with E-state index < -0.39 is 9.84 Å². The third kappa shape index (κ3) is 3.96. The van der Waals surface area contributed by atoms with Gasteiger partial charge < -0.3 is 19.5 Å². The highest BCUT2D eigenvalue weighted by Crippen LogP contribution is 2.12. The van der Waals surface area contributed by atoms with E-state index in [4.69, 9.17) is 4.42 Å². The van der Waals surface area contributed by atoms with Crippen LogP contribution in [0.25, 0.3) is 0 Å². The number of sulfone groups is 1. The lowest BCUT2D eigenvalue weighted by atomic mass is 10.2. The molecule has 2 aliphatic heterocycles. The molecular formula is C15H21N3O5S. The lowest BCUT2D eigenvalue weighted by molar-refractivity contribution is -0.131. The molecule has 132 valence electrons. The molecule has 2 fully saturated rings. The van der Waals surface area contributed by atoms with Crippen LogP contribution in [0, 0.1) is 0 Å². The minimum Gasteiger partial charge on any atom is -0.459 e. The first-order valence-corrected chi connectivity index (χ1v) is 9.81. The van der Waals surface area contributed by atoms with Gasteiger partial charge in [0, 0.05) is 32.2 Å². The zero-order valence-electron chi connectivity index (χ0n) is 13.3. The van der Waals surface area contributed by atoms with Crippen LogP contribution in [-0.4, -0.2) is 80.3 Å². The van der Waals surface area contributed by atoms with Crippen LogP contribution in [-0.2, 0) is 14.6 Å². The SMILES string of the molecule is O=C(CNC1CCS(=O)(=O)C1)N1CCN(C(=O)c2ccco2)CC1. The maximum atomic E-state index is 12.2. The topological polar surface area (TPSA) is 99.9 Å². The molecule has 1 N–H and O–H groups in total. The molecule has 1 unspecified atom stereocenters. The number of rotatable bonds is 4. The number of hydrogen-bond acceptors (Lipinski definition) is 6. The summed E-state index contributed by atoms with van der Waals surface area (Å²) in [5.74, 6) is 0.364. The molecule has 2 aliphatic rings. The smallest absolute Gasteiger partial charge is 0.289 e. The van der Waals surface area contributed by atoms with Gasteiger partial charge in [0.2, 0.25) is 5.91 Å². The van der Waals surface area contributed by atoms with Crippen molar-refractivity contribution in [2.45, 2.75) is 12.5 Å². The Hall–Kier alpha value is -1.87. The van der Waals surface area contributed by atoms with E-state index in [9.17, 15) is 18.0 Å². The first-order chi connectivity index (χ1) is 11.4. The van der Waals surface area contributed by atoms with Crippen molar-refractivity contribution < 1.29 is 22.4 Å². The van der Waals surface area contributed by atoms with Gasteiger partial charge in [-0.3, -0.25) is 9.59 Å². The molecule has 0 aromatic carbocycles. The predicted molar refractivity (Wildman–Crippen MR) is 86.3 cm³/mol.